The number of hydrogen-bond acceptors (Lipinski definition) is 1. The summed E-state index contributed by atoms with van der Waals surface area (Å²) in [5.41, 5.74) is -0.123. The van der Waals surface area contributed by atoms with Gasteiger partial charge in [0.1, 0.15) is 5.82 Å². The third-order valence-electron chi connectivity index (χ3n) is 1.50. The molecule has 0 saturated heterocycles. The molecule has 0 fully saturated rings. The second-order valence-electron chi connectivity index (χ2n) is 2.40. The van der Waals surface area contributed by atoms with E-state index in [9.17, 15) is 9.18 Å². The van der Waals surface area contributed by atoms with E-state index in [2.05, 4.69) is 5.92 Å². The van der Waals surface area contributed by atoms with Gasteiger partial charge in [-0.15, -0.1) is 6.42 Å². The maximum atomic E-state index is 13.1. The summed E-state index contributed by atoms with van der Waals surface area (Å²) < 4.78 is 13.1. The van der Waals surface area contributed by atoms with Gasteiger partial charge in [-0.2, -0.15) is 0 Å². The van der Waals surface area contributed by atoms with E-state index in [4.69, 9.17) is 18.0 Å². The highest BCUT2D eigenvalue weighted by Crippen LogP contribution is 2.20. The van der Waals surface area contributed by atoms with Crippen LogP contribution in [0.15, 0.2) is 18.2 Å². The lowest BCUT2D eigenvalue weighted by molar-refractivity contribution is 0.0994. The minimum Gasteiger partial charge on any atom is -0.293 e. The number of halogens is 2. The van der Waals surface area contributed by atoms with Crippen LogP contribution < -0.4 is 0 Å². The number of hydrogen-bond donors (Lipinski definition) is 0. The highest BCUT2D eigenvalue weighted by Gasteiger charge is 2.13. The summed E-state index contributed by atoms with van der Waals surface area (Å²) in [5, 5.41) is 0.0975. The fraction of sp³-hybridized carbons (Fsp3) is 0.100. The highest BCUT2D eigenvalue weighted by molar-refractivity contribution is 6.34. The number of Topliss-reactive ketones (excluding diaryl/α,β-unsaturated/α-hetero) is 1. The number of carbonyl (C=O) groups is 1. The van der Waals surface area contributed by atoms with Gasteiger partial charge in [0.2, 0.25) is 0 Å². The molecule has 66 valence electrons. The maximum absolute atomic E-state index is 13.1. The van der Waals surface area contributed by atoms with E-state index in [-0.39, 0.29) is 17.0 Å². The average Bonchev–Trinajstić information content (AvgIpc) is 2.04. The van der Waals surface area contributed by atoms with Crippen LogP contribution in [0, 0.1) is 18.2 Å². The molecule has 13 heavy (non-hydrogen) atoms. The molecule has 1 nitrogen and oxygen atoms in total. The average molecular weight is 197 g/mol. The van der Waals surface area contributed by atoms with Crippen molar-refractivity contribution in [2.75, 3.05) is 0 Å². The lowest BCUT2D eigenvalue weighted by atomic mass is 10.1. The summed E-state index contributed by atoms with van der Waals surface area (Å²) in [4.78, 5) is 11.2. The number of carbonyl (C=O) groups excluding carboxylic acids is 1. The molecule has 0 bridgehead atoms. The Balaban J connectivity index is 3.14. The third-order valence-corrected chi connectivity index (χ3v) is 1.82. The van der Waals surface area contributed by atoms with Crippen molar-refractivity contribution < 1.29 is 9.18 Å². The first-order valence-electron chi connectivity index (χ1n) is 3.57. The van der Waals surface area contributed by atoms with E-state index in [1.54, 1.807) is 0 Å². The number of rotatable bonds is 2. The molecule has 0 atom stereocenters. The highest BCUT2D eigenvalue weighted by atomic mass is 35.5. The van der Waals surface area contributed by atoms with E-state index in [0.717, 1.165) is 0 Å². The normalized spacial score (nSPS) is 9.31. The van der Waals surface area contributed by atoms with Crippen LogP contribution in [0.4, 0.5) is 4.39 Å². The Bertz CT molecular complexity index is 359. The smallest absolute Gasteiger partial charge is 0.179 e. The summed E-state index contributed by atoms with van der Waals surface area (Å²) >= 11 is 5.63. The Kier molecular flexibility index (Phi) is 3.05. The van der Waals surface area contributed by atoms with Gasteiger partial charge >= 0.3 is 0 Å². The summed E-state index contributed by atoms with van der Waals surface area (Å²) in [6, 6.07) is 4.06. The third kappa shape index (κ3) is 2.07. The van der Waals surface area contributed by atoms with Crippen molar-refractivity contribution in [3.63, 3.8) is 0 Å². The molecule has 1 aromatic rings. The minimum atomic E-state index is -0.632. The van der Waals surface area contributed by atoms with E-state index in [1.165, 1.54) is 18.2 Å². The van der Waals surface area contributed by atoms with Crippen LogP contribution in [-0.4, -0.2) is 5.78 Å². The van der Waals surface area contributed by atoms with E-state index in [0.29, 0.717) is 0 Å². The van der Waals surface area contributed by atoms with Gasteiger partial charge in [0, 0.05) is 0 Å². The molecule has 0 aliphatic heterocycles. The Morgan fingerprint density at radius 1 is 1.62 bits per heavy atom. The first-order valence-corrected chi connectivity index (χ1v) is 3.95. The standard InChI is InChI=1S/C10H6ClFO/c1-2-4-9(13)10-7(11)5-3-6-8(10)12/h1,3,5-6H,4H2. The molecule has 0 amide bonds. The summed E-state index contributed by atoms with van der Waals surface area (Å²) in [6.45, 7) is 0. The van der Waals surface area contributed by atoms with Crippen molar-refractivity contribution >= 4 is 17.4 Å². The molecule has 0 N–H and O–H groups in total. The molecular weight excluding hydrogens is 191 g/mol. The molecule has 0 aromatic heterocycles. The Hall–Kier alpha value is -1.33. The van der Waals surface area contributed by atoms with Gasteiger partial charge in [0.15, 0.2) is 5.78 Å². The van der Waals surface area contributed by atoms with Crippen LogP contribution >= 0.6 is 11.6 Å². The topological polar surface area (TPSA) is 17.1 Å². The van der Waals surface area contributed by atoms with E-state index < -0.39 is 11.6 Å². The Morgan fingerprint density at radius 3 is 2.85 bits per heavy atom. The van der Waals surface area contributed by atoms with E-state index >= 15 is 0 Å². The quantitative estimate of drug-likeness (QED) is 0.525. The van der Waals surface area contributed by atoms with Crippen LogP contribution in [-0.2, 0) is 0 Å². The zero-order valence-corrected chi connectivity index (χ0v) is 7.44. The molecule has 0 radical (unpaired) electrons. The molecule has 0 unspecified atom stereocenters. The number of ketones is 1. The molecule has 1 rings (SSSR count). The van der Waals surface area contributed by atoms with Gasteiger partial charge in [-0.25, -0.2) is 4.39 Å². The molecule has 0 aliphatic rings. The van der Waals surface area contributed by atoms with Crippen molar-refractivity contribution in [3.05, 3.63) is 34.6 Å². The first-order chi connectivity index (χ1) is 6.16. The van der Waals surface area contributed by atoms with E-state index in [1.807, 2.05) is 0 Å². The number of terminal acetylenes is 1. The molecule has 0 heterocycles. The van der Waals surface area contributed by atoms with Gasteiger partial charge in [-0.05, 0) is 12.1 Å². The molecule has 0 aliphatic carbocycles. The van der Waals surface area contributed by atoms with Crippen molar-refractivity contribution in [1.82, 2.24) is 0 Å². The second kappa shape index (κ2) is 4.06. The van der Waals surface area contributed by atoms with Crippen molar-refractivity contribution in [3.8, 4) is 12.3 Å². The predicted molar refractivity (Wildman–Crippen MR) is 49.2 cm³/mol. The summed E-state index contributed by atoms with van der Waals surface area (Å²) in [7, 11) is 0. The van der Waals surface area contributed by atoms with Crippen molar-refractivity contribution in [1.29, 1.82) is 0 Å². The summed E-state index contributed by atoms with van der Waals surface area (Å²) in [6.07, 6.45) is 4.79. The lowest BCUT2D eigenvalue weighted by Crippen LogP contribution is -2.01. The zero-order chi connectivity index (χ0) is 9.84. The fourth-order valence-corrected chi connectivity index (χ4v) is 1.21. The van der Waals surface area contributed by atoms with Gasteiger partial charge < -0.3 is 0 Å². The SMILES string of the molecule is C#CCC(=O)c1c(F)cccc1Cl. The van der Waals surface area contributed by atoms with Gasteiger partial charge in [0.25, 0.3) is 0 Å². The summed E-state index contributed by atoms with van der Waals surface area (Å²) in [5.74, 6) is 1.05. The predicted octanol–water partition coefficient (Wildman–Crippen LogP) is 2.69. The van der Waals surface area contributed by atoms with Crippen molar-refractivity contribution in [2.24, 2.45) is 0 Å². The molecule has 1 aromatic carbocycles. The van der Waals surface area contributed by atoms with Gasteiger partial charge in [-0.1, -0.05) is 23.6 Å². The fourth-order valence-electron chi connectivity index (χ4n) is 0.945. The van der Waals surface area contributed by atoms with Gasteiger partial charge in [0.05, 0.1) is 17.0 Å². The molecule has 0 saturated carbocycles. The van der Waals surface area contributed by atoms with Crippen LogP contribution in [0.2, 0.25) is 5.02 Å². The Labute approximate surface area is 80.5 Å². The van der Waals surface area contributed by atoms with Crippen LogP contribution in [0.5, 0.6) is 0 Å². The number of benzene rings is 1. The minimum absolute atomic E-state index is 0.0975. The van der Waals surface area contributed by atoms with Crippen molar-refractivity contribution in [2.45, 2.75) is 6.42 Å². The van der Waals surface area contributed by atoms with Crippen LogP contribution in [0.3, 0.4) is 0 Å². The zero-order valence-electron chi connectivity index (χ0n) is 6.68. The monoisotopic (exact) mass is 196 g/mol. The molecular formula is C10H6ClFO. The first kappa shape index (κ1) is 9.76. The second-order valence-corrected chi connectivity index (χ2v) is 2.81. The van der Waals surface area contributed by atoms with Gasteiger partial charge in [-0.3, -0.25) is 4.79 Å². The molecule has 3 heteroatoms. The lowest BCUT2D eigenvalue weighted by Gasteiger charge is -2.01. The van der Waals surface area contributed by atoms with Crippen LogP contribution in [0.1, 0.15) is 16.8 Å². The Morgan fingerprint density at radius 2 is 2.31 bits per heavy atom. The largest absolute Gasteiger partial charge is 0.293 e. The maximum Gasteiger partial charge on any atom is 0.179 e. The van der Waals surface area contributed by atoms with Crippen LogP contribution in [0.25, 0.3) is 0 Å². The molecule has 0 spiro atoms.